The summed E-state index contributed by atoms with van der Waals surface area (Å²) in [5.41, 5.74) is 7.16. The number of nitrogen functional groups attached to an aromatic ring is 1. The zero-order chi connectivity index (χ0) is 11.5. The van der Waals surface area contributed by atoms with E-state index in [9.17, 15) is 0 Å². The van der Waals surface area contributed by atoms with Crippen LogP contribution in [-0.4, -0.2) is 10.1 Å². The first kappa shape index (κ1) is 10.8. The molecule has 0 unspecified atom stereocenters. The van der Waals surface area contributed by atoms with E-state index in [1.54, 1.807) is 25.1 Å². The predicted molar refractivity (Wildman–Crippen MR) is 62.2 cm³/mol. The van der Waals surface area contributed by atoms with E-state index in [2.05, 4.69) is 15.5 Å². The monoisotopic (exact) mass is 238 g/mol. The highest BCUT2D eigenvalue weighted by atomic mass is 35.5. The van der Waals surface area contributed by atoms with Crippen molar-refractivity contribution in [1.29, 1.82) is 0 Å². The molecule has 3 N–H and O–H groups in total. The van der Waals surface area contributed by atoms with E-state index in [0.717, 1.165) is 5.69 Å². The van der Waals surface area contributed by atoms with Crippen LogP contribution in [0.4, 0.5) is 11.4 Å². The van der Waals surface area contributed by atoms with E-state index in [0.29, 0.717) is 29.0 Å². The SMILES string of the molecule is Cc1noc(CNc2ccc(Cl)cc2N)n1. The zero-order valence-corrected chi connectivity index (χ0v) is 9.45. The number of halogens is 1. The highest BCUT2D eigenvalue weighted by Gasteiger charge is 2.04. The number of aryl methyl sites for hydroxylation is 1. The largest absolute Gasteiger partial charge is 0.397 e. The van der Waals surface area contributed by atoms with Crippen LogP contribution in [0.1, 0.15) is 11.7 Å². The second-order valence-corrected chi connectivity index (χ2v) is 3.76. The molecule has 0 bridgehead atoms. The molecule has 1 aromatic heterocycles. The summed E-state index contributed by atoms with van der Waals surface area (Å²) in [5, 5.41) is 7.38. The summed E-state index contributed by atoms with van der Waals surface area (Å²) >= 11 is 5.79. The van der Waals surface area contributed by atoms with Crippen LogP contribution in [0, 0.1) is 6.92 Å². The molecule has 2 aromatic rings. The first-order chi connectivity index (χ1) is 7.65. The van der Waals surface area contributed by atoms with Crippen molar-refractivity contribution in [2.75, 3.05) is 11.1 Å². The van der Waals surface area contributed by atoms with Gasteiger partial charge in [0, 0.05) is 5.02 Å². The molecule has 0 radical (unpaired) electrons. The third-order valence-corrected chi connectivity index (χ3v) is 2.25. The normalized spacial score (nSPS) is 10.4. The van der Waals surface area contributed by atoms with E-state index >= 15 is 0 Å². The fraction of sp³-hybridized carbons (Fsp3) is 0.200. The van der Waals surface area contributed by atoms with Gasteiger partial charge in [-0.2, -0.15) is 4.98 Å². The molecule has 16 heavy (non-hydrogen) atoms. The smallest absolute Gasteiger partial charge is 0.245 e. The van der Waals surface area contributed by atoms with Crippen molar-refractivity contribution >= 4 is 23.0 Å². The lowest BCUT2D eigenvalue weighted by Gasteiger charge is -2.06. The first-order valence-electron chi connectivity index (χ1n) is 4.73. The molecule has 5 nitrogen and oxygen atoms in total. The molecule has 84 valence electrons. The predicted octanol–water partition coefficient (Wildman–Crippen LogP) is 2.23. The molecule has 0 aliphatic carbocycles. The van der Waals surface area contributed by atoms with Crippen molar-refractivity contribution < 1.29 is 4.52 Å². The Kier molecular flexibility index (Phi) is 2.96. The third kappa shape index (κ3) is 2.43. The van der Waals surface area contributed by atoms with Crippen LogP contribution in [0.3, 0.4) is 0 Å². The van der Waals surface area contributed by atoms with Gasteiger partial charge in [0.25, 0.3) is 0 Å². The van der Waals surface area contributed by atoms with E-state index in [1.807, 2.05) is 0 Å². The zero-order valence-electron chi connectivity index (χ0n) is 8.70. The summed E-state index contributed by atoms with van der Waals surface area (Å²) in [4.78, 5) is 4.07. The molecule has 0 spiro atoms. The Labute approximate surface area is 97.6 Å². The molecule has 0 aliphatic heterocycles. The maximum atomic E-state index is 5.79. The number of hydrogen-bond acceptors (Lipinski definition) is 5. The van der Waals surface area contributed by atoms with Gasteiger partial charge in [-0.3, -0.25) is 0 Å². The summed E-state index contributed by atoms with van der Waals surface area (Å²) in [6.07, 6.45) is 0. The number of nitrogens with zero attached hydrogens (tertiary/aromatic N) is 2. The van der Waals surface area contributed by atoms with Gasteiger partial charge < -0.3 is 15.6 Å². The Morgan fingerprint density at radius 3 is 2.94 bits per heavy atom. The fourth-order valence-corrected chi connectivity index (χ4v) is 1.46. The van der Waals surface area contributed by atoms with E-state index in [4.69, 9.17) is 21.9 Å². The second kappa shape index (κ2) is 4.40. The highest BCUT2D eigenvalue weighted by molar-refractivity contribution is 6.31. The Balaban J connectivity index is 2.04. The molecular formula is C10H11ClN4O. The quantitative estimate of drug-likeness (QED) is 0.802. The van der Waals surface area contributed by atoms with Crippen molar-refractivity contribution in [1.82, 2.24) is 10.1 Å². The van der Waals surface area contributed by atoms with Gasteiger partial charge in [0.15, 0.2) is 5.82 Å². The fourth-order valence-electron chi connectivity index (χ4n) is 1.28. The Hall–Kier alpha value is -1.75. The number of aromatic nitrogens is 2. The number of hydrogen-bond donors (Lipinski definition) is 2. The lowest BCUT2D eigenvalue weighted by atomic mass is 10.2. The van der Waals surface area contributed by atoms with Crippen LogP contribution in [0.15, 0.2) is 22.7 Å². The van der Waals surface area contributed by atoms with Crippen LogP contribution in [-0.2, 0) is 6.54 Å². The van der Waals surface area contributed by atoms with Crippen molar-refractivity contribution in [3.63, 3.8) is 0 Å². The minimum Gasteiger partial charge on any atom is -0.397 e. The molecule has 0 saturated carbocycles. The number of rotatable bonds is 3. The molecule has 2 rings (SSSR count). The van der Waals surface area contributed by atoms with Crippen LogP contribution in [0.25, 0.3) is 0 Å². The van der Waals surface area contributed by atoms with E-state index in [1.165, 1.54) is 0 Å². The average Bonchev–Trinajstić information content (AvgIpc) is 2.63. The number of benzene rings is 1. The van der Waals surface area contributed by atoms with Gasteiger partial charge in [-0.1, -0.05) is 16.8 Å². The number of nitrogens with two attached hydrogens (primary N) is 1. The Morgan fingerprint density at radius 2 is 2.31 bits per heavy atom. The molecule has 6 heteroatoms. The average molecular weight is 239 g/mol. The number of nitrogens with one attached hydrogen (secondary N) is 1. The van der Waals surface area contributed by atoms with Gasteiger partial charge in [-0.05, 0) is 25.1 Å². The van der Waals surface area contributed by atoms with Crippen molar-refractivity contribution in [3.05, 3.63) is 34.9 Å². The molecule has 0 atom stereocenters. The molecule has 1 heterocycles. The second-order valence-electron chi connectivity index (χ2n) is 3.32. The summed E-state index contributed by atoms with van der Waals surface area (Å²) in [6.45, 7) is 2.20. The topological polar surface area (TPSA) is 77.0 Å². The summed E-state index contributed by atoms with van der Waals surface area (Å²) in [5.74, 6) is 1.13. The summed E-state index contributed by atoms with van der Waals surface area (Å²) < 4.78 is 4.96. The van der Waals surface area contributed by atoms with Gasteiger partial charge in [-0.15, -0.1) is 0 Å². The Morgan fingerprint density at radius 1 is 1.50 bits per heavy atom. The molecule has 0 fully saturated rings. The van der Waals surface area contributed by atoms with E-state index < -0.39 is 0 Å². The summed E-state index contributed by atoms with van der Waals surface area (Å²) in [6, 6.07) is 5.25. The highest BCUT2D eigenvalue weighted by Crippen LogP contribution is 2.22. The van der Waals surface area contributed by atoms with Crippen LogP contribution in [0.5, 0.6) is 0 Å². The van der Waals surface area contributed by atoms with Crippen molar-refractivity contribution in [2.45, 2.75) is 13.5 Å². The van der Waals surface area contributed by atoms with E-state index in [-0.39, 0.29) is 0 Å². The van der Waals surface area contributed by atoms with Gasteiger partial charge in [-0.25, -0.2) is 0 Å². The molecular weight excluding hydrogens is 228 g/mol. The molecule has 0 aliphatic rings. The maximum Gasteiger partial charge on any atom is 0.245 e. The van der Waals surface area contributed by atoms with Gasteiger partial charge in [0.1, 0.15) is 0 Å². The van der Waals surface area contributed by atoms with Crippen molar-refractivity contribution in [2.24, 2.45) is 0 Å². The number of anilines is 2. The van der Waals surface area contributed by atoms with Crippen LogP contribution in [0.2, 0.25) is 5.02 Å². The molecule has 0 amide bonds. The van der Waals surface area contributed by atoms with Gasteiger partial charge in [0.05, 0.1) is 17.9 Å². The lowest BCUT2D eigenvalue weighted by molar-refractivity contribution is 0.379. The standard InChI is InChI=1S/C10H11ClN4O/c1-6-14-10(16-15-6)5-13-9-3-2-7(11)4-8(9)12/h2-4,13H,5,12H2,1H3. The first-order valence-corrected chi connectivity index (χ1v) is 5.11. The summed E-state index contributed by atoms with van der Waals surface area (Å²) in [7, 11) is 0. The minimum absolute atomic E-state index is 0.437. The van der Waals surface area contributed by atoms with Crippen molar-refractivity contribution in [3.8, 4) is 0 Å². The molecule has 0 saturated heterocycles. The van der Waals surface area contributed by atoms with Crippen LogP contribution >= 0.6 is 11.6 Å². The minimum atomic E-state index is 0.437. The van der Waals surface area contributed by atoms with Crippen LogP contribution < -0.4 is 11.1 Å². The third-order valence-electron chi connectivity index (χ3n) is 2.01. The lowest BCUT2D eigenvalue weighted by Crippen LogP contribution is -2.02. The van der Waals surface area contributed by atoms with Gasteiger partial charge in [0.2, 0.25) is 5.89 Å². The Bertz CT molecular complexity index is 497. The maximum absolute atomic E-state index is 5.79. The molecule has 1 aromatic carbocycles. The van der Waals surface area contributed by atoms with Gasteiger partial charge >= 0.3 is 0 Å².